The number of carboxylic acids is 1. The van der Waals surface area contributed by atoms with Crippen LogP contribution in [0.5, 0.6) is 0 Å². The molecule has 2 N–H and O–H groups in total. The van der Waals surface area contributed by atoms with Gasteiger partial charge in [-0.3, -0.25) is 4.79 Å². The fourth-order valence-corrected chi connectivity index (χ4v) is 3.26. The van der Waals surface area contributed by atoms with Crippen LogP contribution in [0.2, 0.25) is 0 Å². The Morgan fingerprint density at radius 3 is 2.63 bits per heavy atom. The fourth-order valence-electron chi connectivity index (χ4n) is 2.90. The van der Waals surface area contributed by atoms with Gasteiger partial charge in [0.2, 0.25) is 0 Å². The molecule has 0 saturated heterocycles. The lowest BCUT2D eigenvalue weighted by Crippen LogP contribution is -2.11. The second-order valence-electron chi connectivity index (χ2n) is 6.33. The molecule has 2 aromatic carbocycles. The van der Waals surface area contributed by atoms with Crippen LogP contribution in [0, 0.1) is 11.3 Å². The number of fused-ring (bicyclic) bond motifs is 1. The average Bonchev–Trinajstić information content (AvgIpc) is 3.21. The molecule has 0 bridgehead atoms. The number of aromatic nitrogens is 2. The highest BCUT2D eigenvalue weighted by molar-refractivity contribution is 9.10. The van der Waals surface area contributed by atoms with Crippen LogP contribution in [0.3, 0.4) is 0 Å². The van der Waals surface area contributed by atoms with Gasteiger partial charge in [-0.1, -0.05) is 28.1 Å². The zero-order valence-corrected chi connectivity index (χ0v) is 16.8. The number of nitriles is 1. The minimum absolute atomic E-state index is 0.138. The topological polar surface area (TPSA) is 120 Å². The van der Waals surface area contributed by atoms with Gasteiger partial charge in [-0.25, -0.2) is 9.78 Å². The summed E-state index contributed by atoms with van der Waals surface area (Å²) in [7, 11) is 0. The third-order valence-corrected chi connectivity index (χ3v) is 4.87. The number of furan rings is 1. The summed E-state index contributed by atoms with van der Waals surface area (Å²) in [5.41, 5.74) is 1.13. The van der Waals surface area contributed by atoms with Gasteiger partial charge in [0, 0.05) is 16.1 Å². The first-order valence-electron chi connectivity index (χ1n) is 8.70. The predicted octanol–water partition coefficient (Wildman–Crippen LogP) is 4.71. The molecule has 0 fully saturated rings. The van der Waals surface area contributed by atoms with Gasteiger partial charge in [-0.2, -0.15) is 5.26 Å². The smallest absolute Gasteiger partial charge is 0.335 e. The van der Waals surface area contributed by atoms with Crippen molar-refractivity contribution in [3.8, 4) is 17.4 Å². The molecule has 146 valence electrons. The van der Waals surface area contributed by atoms with Crippen molar-refractivity contribution in [2.45, 2.75) is 0 Å². The zero-order chi connectivity index (χ0) is 21.3. The molecule has 0 amide bonds. The number of rotatable bonds is 4. The van der Waals surface area contributed by atoms with Crippen molar-refractivity contribution in [3.05, 3.63) is 86.6 Å². The highest BCUT2D eigenvalue weighted by Gasteiger charge is 2.11. The molecule has 4 rings (SSSR count). The maximum atomic E-state index is 12.4. The summed E-state index contributed by atoms with van der Waals surface area (Å²) in [4.78, 5) is 30.3. The third-order valence-electron chi connectivity index (χ3n) is 4.37. The van der Waals surface area contributed by atoms with Crippen LogP contribution in [0.25, 0.3) is 33.9 Å². The number of carboxylic acid groups (broad SMARTS) is 1. The van der Waals surface area contributed by atoms with Crippen LogP contribution in [0.15, 0.2) is 68.3 Å². The van der Waals surface area contributed by atoms with Crippen LogP contribution in [-0.4, -0.2) is 21.0 Å². The standard InChI is InChI=1S/C22H12BrN3O4/c23-15-5-7-18-17(10-15)21(27)26-20(25-18)14(11-24)9-16-6-8-19(30-16)12-1-3-13(4-2-12)22(28)29/h1-10H,(H,28,29)(H,25,26,27)/b14-9+. The molecular weight excluding hydrogens is 450 g/mol. The molecule has 0 aliphatic carbocycles. The second-order valence-corrected chi connectivity index (χ2v) is 7.25. The number of halogens is 1. The number of allylic oxidation sites excluding steroid dienone is 1. The molecule has 0 aliphatic heterocycles. The summed E-state index contributed by atoms with van der Waals surface area (Å²) in [5.74, 6) is 0.0382. The summed E-state index contributed by atoms with van der Waals surface area (Å²) in [6.45, 7) is 0. The number of benzene rings is 2. The number of hydrogen-bond donors (Lipinski definition) is 2. The van der Waals surface area contributed by atoms with Gasteiger partial charge in [-0.05, 0) is 42.5 Å². The Kier molecular flexibility index (Phi) is 5.04. The number of carbonyl (C=O) groups is 1. The van der Waals surface area contributed by atoms with Gasteiger partial charge in [0.25, 0.3) is 5.56 Å². The summed E-state index contributed by atoms with van der Waals surface area (Å²) in [6, 6.07) is 16.8. The van der Waals surface area contributed by atoms with Crippen molar-refractivity contribution in [1.29, 1.82) is 5.26 Å². The van der Waals surface area contributed by atoms with Crippen LogP contribution >= 0.6 is 15.9 Å². The largest absolute Gasteiger partial charge is 0.478 e. The Balaban J connectivity index is 1.69. The molecular formula is C22H12BrN3O4. The Morgan fingerprint density at radius 2 is 1.93 bits per heavy atom. The van der Waals surface area contributed by atoms with E-state index in [-0.39, 0.29) is 22.5 Å². The number of hydrogen-bond acceptors (Lipinski definition) is 5. The first-order chi connectivity index (χ1) is 14.4. The molecule has 0 atom stereocenters. The number of H-pyrrole nitrogens is 1. The lowest BCUT2D eigenvalue weighted by Gasteiger charge is -2.02. The van der Waals surface area contributed by atoms with E-state index in [0.717, 1.165) is 4.47 Å². The van der Waals surface area contributed by atoms with Crippen molar-refractivity contribution >= 4 is 44.5 Å². The molecule has 4 aromatic rings. The van der Waals surface area contributed by atoms with Crippen molar-refractivity contribution < 1.29 is 14.3 Å². The lowest BCUT2D eigenvalue weighted by molar-refractivity contribution is 0.0697. The highest BCUT2D eigenvalue weighted by atomic mass is 79.9. The third kappa shape index (κ3) is 3.79. The molecule has 0 saturated carbocycles. The summed E-state index contributed by atoms with van der Waals surface area (Å²) >= 11 is 3.32. The monoisotopic (exact) mass is 461 g/mol. The maximum absolute atomic E-state index is 12.4. The summed E-state index contributed by atoms with van der Waals surface area (Å²) in [6.07, 6.45) is 1.48. The minimum atomic E-state index is -1.01. The number of nitrogens with zero attached hydrogens (tertiary/aromatic N) is 2. The predicted molar refractivity (Wildman–Crippen MR) is 115 cm³/mol. The highest BCUT2D eigenvalue weighted by Crippen LogP contribution is 2.25. The molecule has 0 spiro atoms. The van der Waals surface area contributed by atoms with E-state index in [9.17, 15) is 14.9 Å². The molecule has 8 heteroatoms. The van der Waals surface area contributed by atoms with Crippen LogP contribution < -0.4 is 5.56 Å². The van der Waals surface area contributed by atoms with E-state index < -0.39 is 5.97 Å². The van der Waals surface area contributed by atoms with Gasteiger partial charge >= 0.3 is 5.97 Å². The molecule has 30 heavy (non-hydrogen) atoms. The quantitative estimate of drug-likeness (QED) is 0.424. The first kappa shape index (κ1) is 19.4. The second kappa shape index (κ2) is 7.81. The van der Waals surface area contributed by atoms with E-state index in [4.69, 9.17) is 9.52 Å². The molecule has 0 unspecified atom stereocenters. The van der Waals surface area contributed by atoms with Gasteiger partial charge in [0.15, 0.2) is 5.82 Å². The van der Waals surface area contributed by atoms with Gasteiger partial charge in [0.1, 0.15) is 17.6 Å². The number of aromatic carboxylic acids is 1. The van der Waals surface area contributed by atoms with Crippen LogP contribution in [0.4, 0.5) is 0 Å². The van der Waals surface area contributed by atoms with Crippen molar-refractivity contribution in [1.82, 2.24) is 9.97 Å². The van der Waals surface area contributed by atoms with Gasteiger partial charge < -0.3 is 14.5 Å². The Hall–Kier alpha value is -3.96. The first-order valence-corrected chi connectivity index (χ1v) is 9.49. The number of aromatic amines is 1. The normalized spacial score (nSPS) is 11.4. The summed E-state index contributed by atoms with van der Waals surface area (Å²) in [5, 5.41) is 19.0. The van der Waals surface area contributed by atoms with E-state index in [1.807, 2.05) is 6.07 Å². The number of nitrogens with one attached hydrogen (secondary N) is 1. The van der Waals surface area contributed by atoms with E-state index in [1.165, 1.54) is 18.2 Å². The Bertz CT molecular complexity index is 1410. The minimum Gasteiger partial charge on any atom is -0.478 e. The van der Waals surface area contributed by atoms with Crippen molar-refractivity contribution in [2.24, 2.45) is 0 Å². The molecule has 0 radical (unpaired) electrons. The van der Waals surface area contributed by atoms with E-state index in [2.05, 4.69) is 25.9 Å². The average molecular weight is 462 g/mol. The lowest BCUT2D eigenvalue weighted by atomic mass is 10.1. The molecule has 2 heterocycles. The Morgan fingerprint density at radius 1 is 1.17 bits per heavy atom. The van der Waals surface area contributed by atoms with Gasteiger partial charge in [0.05, 0.1) is 22.0 Å². The zero-order valence-electron chi connectivity index (χ0n) is 15.2. The summed E-state index contributed by atoms with van der Waals surface area (Å²) < 4.78 is 6.51. The van der Waals surface area contributed by atoms with Gasteiger partial charge in [-0.15, -0.1) is 0 Å². The molecule has 0 aliphatic rings. The van der Waals surface area contributed by atoms with E-state index >= 15 is 0 Å². The molecule has 7 nitrogen and oxygen atoms in total. The fraction of sp³-hybridized carbons (Fsp3) is 0. The van der Waals surface area contributed by atoms with Crippen LogP contribution in [-0.2, 0) is 0 Å². The van der Waals surface area contributed by atoms with Crippen LogP contribution in [0.1, 0.15) is 21.9 Å². The van der Waals surface area contributed by atoms with Crippen molar-refractivity contribution in [3.63, 3.8) is 0 Å². The maximum Gasteiger partial charge on any atom is 0.335 e. The van der Waals surface area contributed by atoms with E-state index in [1.54, 1.807) is 42.5 Å². The SMILES string of the molecule is N#C/C(=C\c1ccc(-c2ccc(C(=O)O)cc2)o1)c1nc2ccc(Br)cc2c(=O)[nH]1. The Labute approximate surface area is 178 Å². The van der Waals surface area contributed by atoms with Crippen molar-refractivity contribution in [2.75, 3.05) is 0 Å². The van der Waals surface area contributed by atoms with E-state index in [0.29, 0.717) is 28.0 Å². The molecule has 2 aromatic heterocycles.